The third-order valence-electron chi connectivity index (χ3n) is 7.75. The fourth-order valence-electron chi connectivity index (χ4n) is 5.45. The van der Waals surface area contributed by atoms with Gasteiger partial charge in [-0.1, -0.05) is 24.6 Å². The number of likely N-dealkylation sites (tertiary alicyclic amines) is 1. The number of aliphatic carboxylic acids is 1. The minimum Gasteiger partial charge on any atom is -0.494 e. The Morgan fingerprint density at radius 2 is 1.72 bits per heavy atom. The van der Waals surface area contributed by atoms with Gasteiger partial charge < -0.3 is 29.1 Å². The molecule has 8 heteroatoms. The molecular formula is C31H42N4O4. The monoisotopic (exact) mass is 534 g/mol. The van der Waals surface area contributed by atoms with Gasteiger partial charge in [0.2, 0.25) is 0 Å². The lowest BCUT2D eigenvalue weighted by atomic mass is 10.1. The Balaban J connectivity index is 1.34. The van der Waals surface area contributed by atoms with E-state index in [1.54, 1.807) is 4.90 Å². The number of fused-ring (bicyclic) bond motifs is 1. The van der Waals surface area contributed by atoms with E-state index < -0.39 is 5.97 Å². The minimum atomic E-state index is -0.952. The molecule has 4 rings (SSSR count). The van der Waals surface area contributed by atoms with Gasteiger partial charge in [-0.15, -0.1) is 0 Å². The number of carboxylic acid groups (broad SMARTS) is 1. The first-order valence-electron chi connectivity index (χ1n) is 14.1. The maximum absolute atomic E-state index is 13.7. The van der Waals surface area contributed by atoms with E-state index in [4.69, 9.17) is 4.74 Å². The Labute approximate surface area is 231 Å². The molecule has 0 bridgehead atoms. The molecule has 3 aromatic rings. The maximum Gasteiger partial charge on any atom is 0.309 e. The van der Waals surface area contributed by atoms with Gasteiger partial charge in [0, 0.05) is 62.6 Å². The topological polar surface area (TPSA) is 78.2 Å². The van der Waals surface area contributed by atoms with Crippen molar-refractivity contribution in [2.75, 3.05) is 57.8 Å². The average molecular weight is 535 g/mol. The smallest absolute Gasteiger partial charge is 0.309 e. The van der Waals surface area contributed by atoms with Gasteiger partial charge in [-0.05, 0) is 69.6 Å². The quantitative estimate of drug-likeness (QED) is 0.322. The number of aryl methyl sites for hydroxylation is 1. The van der Waals surface area contributed by atoms with Gasteiger partial charge in [-0.2, -0.15) is 0 Å². The first kappa shape index (κ1) is 28.5. The first-order chi connectivity index (χ1) is 18.9. The Morgan fingerprint density at radius 1 is 1.00 bits per heavy atom. The van der Waals surface area contributed by atoms with E-state index in [1.807, 2.05) is 74.1 Å². The summed E-state index contributed by atoms with van der Waals surface area (Å²) < 4.78 is 7.79. The van der Waals surface area contributed by atoms with Crippen LogP contribution < -0.4 is 9.64 Å². The van der Waals surface area contributed by atoms with Crippen LogP contribution in [0, 0.1) is 0 Å². The summed E-state index contributed by atoms with van der Waals surface area (Å²) in [7, 11) is 3.84. The molecule has 0 unspecified atom stereocenters. The molecule has 1 N–H and O–H groups in total. The van der Waals surface area contributed by atoms with Gasteiger partial charge in [0.15, 0.2) is 0 Å². The zero-order valence-corrected chi connectivity index (χ0v) is 23.6. The zero-order chi connectivity index (χ0) is 27.8. The number of ether oxygens (including phenoxy) is 1. The van der Waals surface area contributed by atoms with Crippen LogP contribution in [0.15, 0.2) is 48.5 Å². The predicted octanol–water partition coefficient (Wildman–Crippen LogP) is 4.66. The molecule has 1 aromatic heterocycles. The fourth-order valence-corrected chi connectivity index (χ4v) is 5.45. The number of piperidine rings is 1. The molecule has 0 atom stereocenters. The molecule has 210 valence electrons. The van der Waals surface area contributed by atoms with Crippen molar-refractivity contribution in [1.29, 1.82) is 0 Å². The maximum atomic E-state index is 13.7. The standard InChI is InChI=1S/C31H42N4O4/c1-4-35(31(38)30-26-11-6-7-12-27(26)33(3)28(30)23-29(36)37)21-20-32(2)24-13-15-25(16-14-24)39-22-10-19-34-17-8-5-9-18-34/h6-7,11-16H,4-5,8-10,17-23H2,1-3H3,(H,36,37). The van der Waals surface area contributed by atoms with Crippen molar-refractivity contribution < 1.29 is 19.4 Å². The number of rotatable bonds is 13. The molecule has 2 heterocycles. The van der Waals surface area contributed by atoms with Crippen LogP contribution in [0.25, 0.3) is 10.9 Å². The van der Waals surface area contributed by atoms with Crippen LogP contribution in [-0.2, 0) is 18.3 Å². The van der Waals surface area contributed by atoms with Crippen molar-refractivity contribution in [3.05, 3.63) is 59.8 Å². The fraction of sp³-hybridized carbons (Fsp3) is 0.484. The number of hydrogen-bond donors (Lipinski definition) is 1. The van der Waals surface area contributed by atoms with Crippen molar-refractivity contribution in [2.45, 2.75) is 39.0 Å². The van der Waals surface area contributed by atoms with E-state index >= 15 is 0 Å². The molecule has 0 saturated carbocycles. The number of para-hydroxylation sites is 1. The summed E-state index contributed by atoms with van der Waals surface area (Å²) in [6.45, 7) is 7.91. The van der Waals surface area contributed by atoms with Crippen molar-refractivity contribution in [3.8, 4) is 5.75 Å². The molecule has 1 saturated heterocycles. The van der Waals surface area contributed by atoms with Gasteiger partial charge in [-0.25, -0.2) is 0 Å². The van der Waals surface area contributed by atoms with Gasteiger partial charge in [-0.3, -0.25) is 9.59 Å². The van der Waals surface area contributed by atoms with Crippen molar-refractivity contribution in [3.63, 3.8) is 0 Å². The minimum absolute atomic E-state index is 0.132. The lowest BCUT2D eigenvalue weighted by molar-refractivity contribution is -0.136. The number of amides is 1. The number of hydrogen-bond acceptors (Lipinski definition) is 5. The third-order valence-corrected chi connectivity index (χ3v) is 7.75. The molecule has 0 aliphatic carbocycles. The number of aromatic nitrogens is 1. The highest BCUT2D eigenvalue weighted by atomic mass is 16.5. The van der Waals surface area contributed by atoms with Crippen molar-refractivity contribution in [2.24, 2.45) is 7.05 Å². The number of likely N-dealkylation sites (N-methyl/N-ethyl adjacent to an activating group) is 2. The molecular weight excluding hydrogens is 492 g/mol. The summed E-state index contributed by atoms with van der Waals surface area (Å²) in [5, 5.41) is 10.3. The van der Waals surface area contributed by atoms with E-state index in [0.29, 0.717) is 30.9 Å². The van der Waals surface area contributed by atoms with Crippen LogP contribution in [0.4, 0.5) is 5.69 Å². The highest BCUT2D eigenvalue weighted by molar-refractivity contribution is 6.09. The van der Waals surface area contributed by atoms with Crippen molar-refractivity contribution >= 4 is 28.5 Å². The van der Waals surface area contributed by atoms with Crippen molar-refractivity contribution in [1.82, 2.24) is 14.4 Å². The largest absolute Gasteiger partial charge is 0.494 e. The molecule has 0 radical (unpaired) electrons. The number of nitrogens with zero attached hydrogens (tertiary/aromatic N) is 4. The van der Waals surface area contributed by atoms with Crippen LogP contribution in [0.1, 0.15) is 48.7 Å². The van der Waals surface area contributed by atoms with Gasteiger partial charge in [0.25, 0.3) is 5.91 Å². The number of carbonyl (C=O) groups excluding carboxylic acids is 1. The van der Waals surface area contributed by atoms with Crippen LogP contribution in [-0.4, -0.2) is 84.3 Å². The number of carboxylic acids is 1. The summed E-state index contributed by atoms with van der Waals surface area (Å²) in [6.07, 6.45) is 4.83. The Kier molecular flexibility index (Phi) is 9.87. The number of benzene rings is 2. The number of anilines is 1. The SMILES string of the molecule is CCN(CCN(C)c1ccc(OCCCN2CCCCC2)cc1)C(=O)c1c(CC(=O)O)n(C)c2ccccc12. The van der Waals surface area contributed by atoms with E-state index in [1.165, 1.54) is 32.4 Å². The highest BCUT2D eigenvalue weighted by Crippen LogP contribution is 2.27. The summed E-state index contributed by atoms with van der Waals surface area (Å²) in [4.78, 5) is 31.7. The Bertz CT molecular complexity index is 1250. The second-order valence-electron chi connectivity index (χ2n) is 10.4. The third kappa shape index (κ3) is 7.12. The number of carbonyl (C=O) groups is 2. The highest BCUT2D eigenvalue weighted by Gasteiger charge is 2.26. The zero-order valence-electron chi connectivity index (χ0n) is 23.6. The summed E-state index contributed by atoms with van der Waals surface area (Å²) in [6, 6.07) is 15.7. The summed E-state index contributed by atoms with van der Waals surface area (Å²) in [5.41, 5.74) is 2.93. The molecule has 1 amide bonds. The van der Waals surface area contributed by atoms with Gasteiger partial charge in [0.1, 0.15) is 5.75 Å². The van der Waals surface area contributed by atoms with Crippen LogP contribution in [0.2, 0.25) is 0 Å². The van der Waals surface area contributed by atoms with Gasteiger partial charge >= 0.3 is 5.97 Å². The predicted molar refractivity (Wildman–Crippen MR) is 156 cm³/mol. The summed E-state index contributed by atoms with van der Waals surface area (Å²) >= 11 is 0. The van der Waals surface area contributed by atoms with Gasteiger partial charge in [0.05, 0.1) is 18.6 Å². The Morgan fingerprint density at radius 3 is 2.41 bits per heavy atom. The van der Waals surface area contributed by atoms with E-state index in [9.17, 15) is 14.7 Å². The lowest BCUT2D eigenvalue weighted by Gasteiger charge is -2.26. The molecule has 0 spiro atoms. The molecule has 8 nitrogen and oxygen atoms in total. The van der Waals surface area contributed by atoms with E-state index in [-0.39, 0.29) is 12.3 Å². The second kappa shape index (κ2) is 13.5. The molecule has 1 aliphatic heterocycles. The average Bonchev–Trinajstić information content (AvgIpc) is 3.22. The molecule has 1 fully saturated rings. The van der Waals surface area contributed by atoms with E-state index in [0.717, 1.165) is 41.9 Å². The summed E-state index contributed by atoms with van der Waals surface area (Å²) in [5.74, 6) is -0.211. The first-order valence-corrected chi connectivity index (χ1v) is 14.1. The van der Waals surface area contributed by atoms with Crippen LogP contribution >= 0.6 is 0 Å². The molecule has 1 aliphatic rings. The van der Waals surface area contributed by atoms with Crippen LogP contribution in [0.5, 0.6) is 5.75 Å². The second-order valence-corrected chi connectivity index (χ2v) is 10.4. The van der Waals surface area contributed by atoms with Crippen LogP contribution in [0.3, 0.4) is 0 Å². The molecule has 2 aromatic carbocycles. The van der Waals surface area contributed by atoms with E-state index in [2.05, 4.69) is 9.80 Å². The lowest BCUT2D eigenvalue weighted by Crippen LogP contribution is -2.38. The molecule has 39 heavy (non-hydrogen) atoms. The normalized spacial score (nSPS) is 13.9. The Hall–Kier alpha value is -3.52.